The Kier molecular flexibility index (Phi) is 5.46. The number of rotatable bonds is 6. The lowest BCUT2D eigenvalue weighted by Crippen LogP contribution is -2.54. The van der Waals surface area contributed by atoms with Crippen molar-refractivity contribution in [3.8, 4) is 11.1 Å². The maximum Gasteiger partial charge on any atom is 0.228 e. The lowest BCUT2D eigenvalue weighted by Gasteiger charge is -2.41. The number of aryl methyl sites for hydroxylation is 1. The molecule has 2 aliphatic heterocycles. The summed E-state index contributed by atoms with van der Waals surface area (Å²) in [6, 6.07) is 8.62. The molecule has 0 bridgehead atoms. The molecule has 2 saturated heterocycles. The first-order chi connectivity index (χ1) is 15.9. The second-order valence-corrected chi connectivity index (χ2v) is 9.73. The number of hydrogen-bond acceptors (Lipinski definition) is 5. The third-order valence-electron chi connectivity index (χ3n) is 7.49. The summed E-state index contributed by atoms with van der Waals surface area (Å²) in [4.78, 5) is 41.7. The molecule has 2 atom stereocenters. The highest BCUT2D eigenvalue weighted by atomic mass is 16.2. The van der Waals surface area contributed by atoms with Gasteiger partial charge in [-0.3, -0.25) is 19.5 Å². The first kappa shape index (κ1) is 21.7. The number of nitrogens with one attached hydrogen (secondary N) is 2. The molecule has 5 rings (SSSR count). The molecular formula is C25H31N5O3. The highest BCUT2D eigenvalue weighted by molar-refractivity contribution is 6.10. The first-order valence-electron chi connectivity index (χ1n) is 11.9. The summed E-state index contributed by atoms with van der Waals surface area (Å²) < 4.78 is 0. The summed E-state index contributed by atoms with van der Waals surface area (Å²) in [7, 11) is 0. The molecule has 0 spiro atoms. The molecule has 1 aromatic heterocycles. The normalized spacial score (nSPS) is 25.5. The minimum atomic E-state index is -0.800. The number of amides is 2. The minimum Gasteiger partial charge on any atom is -0.365 e. The van der Waals surface area contributed by atoms with Crippen LogP contribution in [0.5, 0.6) is 0 Å². The van der Waals surface area contributed by atoms with Gasteiger partial charge in [-0.25, -0.2) is 0 Å². The fourth-order valence-corrected chi connectivity index (χ4v) is 5.50. The van der Waals surface area contributed by atoms with Gasteiger partial charge in [-0.05, 0) is 56.7 Å². The summed E-state index contributed by atoms with van der Waals surface area (Å²) in [5.41, 5.74) is 3.59. The third-order valence-corrected chi connectivity index (χ3v) is 7.49. The summed E-state index contributed by atoms with van der Waals surface area (Å²) in [6.45, 7) is 6.20. The van der Waals surface area contributed by atoms with Crippen molar-refractivity contribution < 1.29 is 14.4 Å². The number of aromatic amines is 1. The van der Waals surface area contributed by atoms with E-state index in [-0.39, 0.29) is 36.0 Å². The molecule has 0 radical (unpaired) electrons. The van der Waals surface area contributed by atoms with E-state index in [1.807, 2.05) is 18.0 Å². The fourth-order valence-electron chi connectivity index (χ4n) is 5.50. The van der Waals surface area contributed by atoms with Crippen LogP contribution >= 0.6 is 0 Å². The van der Waals surface area contributed by atoms with E-state index < -0.39 is 5.54 Å². The Labute approximate surface area is 193 Å². The van der Waals surface area contributed by atoms with Crippen LogP contribution in [0, 0.1) is 12.8 Å². The van der Waals surface area contributed by atoms with Gasteiger partial charge in [0.05, 0.1) is 12.6 Å². The van der Waals surface area contributed by atoms with Gasteiger partial charge >= 0.3 is 0 Å². The van der Waals surface area contributed by atoms with Gasteiger partial charge in [-0.15, -0.1) is 0 Å². The largest absolute Gasteiger partial charge is 0.365 e. The molecule has 33 heavy (non-hydrogen) atoms. The number of ketones is 1. The standard InChI is InChI=1S/C25H31N5O3/c1-16-15-29(24(33)8-9-25(19-6-7-19)22(31)13-23(32)27-25)10-11-30(16)20-5-3-4-18(12-20)21-14-26-28-17(21)2/h3-5,12,14,16,19H,6-11,13,15H2,1-2H3,(H,26,28)(H,27,32)/t16-,25?/m0/s1. The van der Waals surface area contributed by atoms with Gasteiger partial charge in [0.2, 0.25) is 11.8 Å². The zero-order chi connectivity index (χ0) is 23.2. The van der Waals surface area contributed by atoms with Crippen LogP contribution < -0.4 is 10.2 Å². The molecule has 1 aliphatic carbocycles. The monoisotopic (exact) mass is 449 g/mol. The van der Waals surface area contributed by atoms with Crippen molar-refractivity contribution in [1.29, 1.82) is 0 Å². The molecule has 1 aromatic carbocycles. The number of anilines is 1. The van der Waals surface area contributed by atoms with Crippen molar-refractivity contribution >= 4 is 23.3 Å². The number of aromatic nitrogens is 2. The Morgan fingerprint density at radius 1 is 1.24 bits per heavy atom. The van der Waals surface area contributed by atoms with E-state index >= 15 is 0 Å². The molecule has 2 N–H and O–H groups in total. The molecule has 174 valence electrons. The van der Waals surface area contributed by atoms with Gasteiger partial charge in [-0.2, -0.15) is 5.10 Å². The van der Waals surface area contributed by atoms with Crippen molar-refractivity contribution in [3.63, 3.8) is 0 Å². The topological polar surface area (TPSA) is 98.4 Å². The van der Waals surface area contributed by atoms with Crippen LogP contribution in [0.1, 0.15) is 44.7 Å². The number of carbonyl (C=O) groups is 3. The van der Waals surface area contributed by atoms with Gasteiger partial charge in [-0.1, -0.05) is 12.1 Å². The Morgan fingerprint density at radius 3 is 2.70 bits per heavy atom. The number of Topliss-reactive ketones (excluding diaryl/α,β-unsaturated/α-hetero) is 1. The van der Waals surface area contributed by atoms with Crippen molar-refractivity contribution in [3.05, 3.63) is 36.2 Å². The molecule has 1 unspecified atom stereocenters. The molecule has 8 nitrogen and oxygen atoms in total. The van der Waals surface area contributed by atoms with Crippen LogP contribution in [-0.2, 0) is 14.4 Å². The average molecular weight is 450 g/mol. The minimum absolute atomic E-state index is 0.0336. The molecule has 3 fully saturated rings. The quantitative estimate of drug-likeness (QED) is 0.660. The predicted octanol–water partition coefficient (Wildman–Crippen LogP) is 2.44. The summed E-state index contributed by atoms with van der Waals surface area (Å²) >= 11 is 0. The van der Waals surface area contributed by atoms with E-state index in [4.69, 9.17) is 0 Å². The van der Waals surface area contributed by atoms with Crippen LogP contribution in [0.4, 0.5) is 5.69 Å². The van der Waals surface area contributed by atoms with Crippen LogP contribution in [0.3, 0.4) is 0 Å². The smallest absolute Gasteiger partial charge is 0.228 e. The number of hydrogen-bond donors (Lipinski definition) is 2. The predicted molar refractivity (Wildman–Crippen MR) is 125 cm³/mol. The summed E-state index contributed by atoms with van der Waals surface area (Å²) in [5, 5.41) is 10.0. The summed E-state index contributed by atoms with van der Waals surface area (Å²) in [5.74, 6) is 0.0348. The molecule has 2 amide bonds. The average Bonchev–Trinajstić information content (AvgIpc) is 3.50. The highest BCUT2D eigenvalue weighted by Crippen LogP contribution is 2.45. The van der Waals surface area contributed by atoms with E-state index in [0.717, 1.165) is 41.9 Å². The number of carbonyl (C=O) groups excluding carboxylic acids is 3. The molecule has 3 aliphatic rings. The third kappa shape index (κ3) is 4.03. The molecule has 2 aromatic rings. The molecule has 1 saturated carbocycles. The zero-order valence-corrected chi connectivity index (χ0v) is 19.3. The van der Waals surface area contributed by atoms with Crippen molar-refractivity contribution in [2.75, 3.05) is 24.5 Å². The van der Waals surface area contributed by atoms with Gasteiger partial charge in [0, 0.05) is 49.0 Å². The zero-order valence-electron chi connectivity index (χ0n) is 19.3. The van der Waals surface area contributed by atoms with E-state index in [2.05, 4.69) is 51.6 Å². The van der Waals surface area contributed by atoms with Crippen LogP contribution in [0.25, 0.3) is 11.1 Å². The number of benzene rings is 1. The van der Waals surface area contributed by atoms with Crippen LogP contribution in [-0.4, -0.2) is 63.9 Å². The second-order valence-electron chi connectivity index (χ2n) is 9.73. The number of piperazine rings is 1. The van der Waals surface area contributed by atoms with Crippen molar-refractivity contribution in [2.24, 2.45) is 5.92 Å². The van der Waals surface area contributed by atoms with Crippen LogP contribution in [0.2, 0.25) is 0 Å². The van der Waals surface area contributed by atoms with Crippen molar-refractivity contribution in [1.82, 2.24) is 20.4 Å². The van der Waals surface area contributed by atoms with Crippen molar-refractivity contribution in [2.45, 2.75) is 57.5 Å². The Hall–Kier alpha value is -3.16. The lowest BCUT2D eigenvalue weighted by atomic mass is 9.85. The SMILES string of the molecule is Cc1[nH]ncc1-c1cccc(N2CCN(C(=O)CCC3(C4CC4)NC(=O)CC3=O)C[C@@H]2C)c1. The Bertz CT molecular complexity index is 1090. The van der Waals surface area contributed by atoms with E-state index in [9.17, 15) is 14.4 Å². The second kappa shape index (κ2) is 8.32. The summed E-state index contributed by atoms with van der Waals surface area (Å²) in [6.07, 6.45) is 4.42. The Morgan fingerprint density at radius 2 is 2.06 bits per heavy atom. The van der Waals surface area contributed by atoms with Crippen LogP contribution in [0.15, 0.2) is 30.5 Å². The maximum atomic E-state index is 13.0. The number of H-pyrrole nitrogens is 1. The fraction of sp³-hybridized carbons (Fsp3) is 0.520. The maximum absolute atomic E-state index is 13.0. The highest BCUT2D eigenvalue weighted by Gasteiger charge is 2.55. The van der Waals surface area contributed by atoms with Gasteiger partial charge in [0.15, 0.2) is 5.78 Å². The van der Waals surface area contributed by atoms with Gasteiger partial charge in [0.25, 0.3) is 0 Å². The molecule has 8 heteroatoms. The molecular weight excluding hydrogens is 418 g/mol. The molecule has 3 heterocycles. The lowest BCUT2D eigenvalue weighted by molar-refractivity contribution is -0.133. The number of nitrogens with zero attached hydrogens (tertiary/aromatic N) is 3. The van der Waals surface area contributed by atoms with Gasteiger partial charge in [0.1, 0.15) is 5.54 Å². The first-order valence-corrected chi connectivity index (χ1v) is 11.9. The Balaban J connectivity index is 1.22. The van der Waals surface area contributed by atoms with Gasteiger partial charge < -0.3 is 15.1 Å². The van der Waals surface area contributed by atoms with E-state index in [0.29, 0.717) is 25.9 Å². The van der Waals surface area contributed by atoms with E-state index in [1.54, 1.807) is 0 Å². The van der Waals surface area contributed by atoms with E-state index in [1.165, 1.54) is 0 Å².